The Balaban J connectivity index is 1.73. The molecule has 0 amide bonds. The first-order chi connectivity index (χ1) is 11.6. The van der Waals surface area contributed by atoms with Gasteiger partial charge in [0.25, 0.3) is 0 Å². The van der Waals surface area contributed by atoms with E-state index in [9.17, 15) is 4.79 Å². The minimum atomic E-state index is 0.212. The summed E-state index contributed by atoms with van der Waals surface area (Å²) in [7, 11) is 0. The first-order valence-electron chi connectivity index (χ1n) is 8.27. The minimum absolute atomic E-state index is 0.212. The number of H-pyrrole nitrogens is 1. The fraction of sp³-hybridized carbons (Fsp3) is 0.250. The predicted octanol–water partition coefficient (Wildman–Crippen LogP) is 6.22. The number of aromatic amines is 1. The molecule has 2 aliphatic carbocycles. The van der Waals surface area contributed by atoms with Crippen LogP contribution in [-0.2, 0) is 0 Å². The van der Waals surface area contributed by atoms with Gasteiger partial charge < -0.3 is 4.98 Å². The minimum Gasteiger partial charge on any atom is -0.358 e. The zero-order valence-electron chi connectivity index (χ0n) is 12.9. The second-order valence-corrected chi connectivity index (χ2v) is 7.71. The number of carbonyl (C=O) groups excluding carboxylic acids is 1. The lowest BCUT2D eigenvalue weighted by molar-refractivity contribution is 0.0915. The standard InChI is InChI=1S/C20H15Cl2NO/c21-13-4-5-14(16(22)9-13)10-3-6-17-15(8-10)18-19(23-17)11-1-2-12(7-11)20(18)24/h3-6,8-9,11-12,23H,1-2,7H2/t11-,12+/m0/s1. The quantitative estimate of drug-likeness (QED) is 0.551. The second kappa shape index (κ2) is 5.11. The highest BCUT2D eigenvalue weighted by molar-refractivity contribution is 6.36. The zero-order chi connectivity index (χ0) is 16.4. The molecule has 1 fully saturated rings. The topological polar surface area (TPSA) is 32.9 Å². The molecule has 2 bridgehead atoms. The molecular weight excluding hydrogens is 341 g/mol. The maximum atomic E-state index is 12.8. The van der Waals surface area contributed by atoms with Crippen LogP contribution >= 0.6 is 23.2 Å². The van der Waals surface area contributed by atoms with Crippen molar-refractivity contribution in [3.63, 3.8) is 0 Å². The van der Waals surface area contributed by atoms with Crippen molar-refractivity contribution < 1.29 is 4.79 Å². The number of Topliss-reactive ketones (excluding diaryl/α,β-unsaturated/α-hetero) is 1. The number of nitrogens with one attached hydrogen (secondary N) is 1. The fourth-order valence-corrected chi connectivity index (χ4v) is 4.88. The third kappa shape index (κ3) is 2.00. The number of ketones is 1. The van der Waals surface area contributed by atoms with Gasteiger partial charge in [0, 0.05) is 49.6 Å². The highest BCUT2D eigenvalue weighted by Gasteiger charge is 2.40. The Morgan fingerprint density at radius 1 is 1.00 bits per heavy atom. The second-order valence-electron chi connectivity index (χ2n) is 6.87. The molecular formula is C20H15Cl2NO. The van der Waals surface area contributed by atoms with E-state index >= 15 is 0 Å². The van der Waals surface area contributed by atoms with E-state index in [0.717, 1.165) is 52.5 Å². The summed E-state index contributed by atoms with van der Waals surface area (Å²) in [5.74, 6) is 1.03. The Labute approximate surface area is 149 Å². The molecule has 1 aromatic heterocycles. The van der Waals surface area contributed by atoms with Gasteiger partial charge in [0.1, 0.15) is 0 Å². The lowest BCUT2D eigenvalue weighted by Gasteiger charge is -2.18. The molecule has 4 heteroatoms. The molecule has 1 N–H and O–H groups in total. The lowest BCUT2D eigenvalue weighted by Crippen LogP contribution is -2.18. The fourth-order valence-electron chi connectivity index (χ4n) is 4.36. The van der Waals surface area contributed by atoms with Crippen molar-refractivity contribution >= 4 is 39.9 Å². The van der Waals surface area contributed by atoms with Crippen molar-refractivity contribution in [2.75, 3.05) is 0 Å². The van der Waals surface area contributed by atoms with E-state index in [1.54, 1.807) is 6.07 Å². The summed E-state index contributed by atoms with van der Waals surface area (Å²) in [6.45, 7) is 0. The normalized spacial score (nSPS) is 22.2. The molecule has 1 heterocycles. The van der Waals surface area contributed by atoms with Gasteiger partial charge in [0.05, 0.1) is 0 Å². The van der Waals surface area contributed by atoms with Gasteiger partial charge in [-0.2, -0.15) is 0 Å². The zero-order valence-corrected chi connectivity index (χ0v) is 14.4. The smallest absolute Gasteiger partial charge is 0.168 e. The van der Waals surface area contributed by atoms with Gasteiger partial charge in [-0.3, -0.25) is 4.79 Å². The Hall–Kier alpha value is -1.77. The molecule has 1 saturated carbocycles. The van der Waals surface area contributed by atoms with Crippen LogP contribution in [0.3, 0.4) is 0 Å². The molecule has 120 valence electrons. The molecule has 0 radical (unpaired) electrons. The van der Waals surface area contributed by atoms with Gasteiger partial charge >= 0.3 is 0 Å². The van der Waals surface area contributed by atoms with Crippen LogP contribution in [0.1, 0.15) is 41.2 Å². The number of hydrogen-bond acceptors (Lipinski definition) is 1. The van der Waals surface area contributed by atoms with Crippen molar-refractivity contribution in [3.8, 4) is 11.1 Å². The molecule has 2 atom stereocenters. The van der Waals surface area contributed by atoms with Crippen LogP contribution < -0.4 is 0 Å². The number of hydrogen-bond donors (Lipinski definition) is 1. The first-order valence-corrected chi connectivity index (χ1v) is 9.02. The van der Waals surface area contributed by atoms with Gasteiger partial charge in [-0.15, -0.1) is 0 Å². The number of halogens is 2. The third-order valence-electron chi connectivity index (χ3n) is 5.53. The van der Waals surface area contributed by atoms with E-state index in [0.29, 0.717) is 21.7 Å². The average Bonchev–Trinajstić information content (AvgIpc) is 3.16. The number of aromatic nitrogens is 1. The monoisotopic (exact) mass is 355 g/mol. The first kappa shape index (κ1) is 14.6. The highest BCUT2D eigenvalue weighted by atomic mass is 35.5. The Bertz CT molecular complexity index is 1000. The molecule has 2 nitrogen and oxygen atoms in total. The van der Waals surface area contributed by atoms with Crippen LogP contribution in [0.15, 0.2) is 36.4 Å². The Morgan fingerprint density at radius 3 is 2.67 bits per heavy atom. The third-order valence-corrected chi connectivity index (χ3v) is 6.08. The summed E-state index contributed by atoms with van der Waals surface area (Å²) >= 11 is 12.4. The van der Waals surface area contributed by atoms with Crippen LogP contribution in [0.5, 0.6) is 0 Å². The van der Waals surface area contributed by atoms with Gasteiger partial charge in [0.2, 0.25) is 0 Å². The van der Waals surface area contributed by atoms with E-state index in [1.807, 2.05) is 18.2 Å². The summed E-state index contributed by atoms with van der Waals surface area (Å²) in [4.78, 5) is 16.3. The SMILES string of the molecule is O=C1c2c([nH]c3ccc(-c4ccc(Cl)cc4Cl)cc23)[C@H]2CC[C@@H]1C2. The maximum Gasteiger partial charge on any atom is 0.168 e. The Kier molecular flexibility index (Phi) is 3.10. The molecule has 0 spiro atoms. The van der Waals surface area contributed by atoms with Gasteiger partial charge in [-0.05, 0) is 49.1 Å². The summed E-state index contributed by atoms with van der Waals surface area (Å²) in [5, 5.41) is 2.27. The maximum absolute atomic E-state index is 12.8. The molecule has 2 aromatic carbocycles. The van der Waals surface area contributed by atoms with E-state index in [2.05, 4.69) is 17.1 Å². The van der Waals surface area contributed by atoms with Crippen molar-refractivity contribution in [2.24, 2.45) is 5.92 Å². The van der Waals surface area contributed by atoms with E-state index < -0.39 is 0 Å². The van der Waals surface area contributed by atoms with Crippen LogP contribution in [0.25, 0.3) is 22.0 Å². The number of rotatable bonds is 1. The van der Waals surface area contributed by atoms with Crippen LogP contribution in [-0.4, -0.2) is 10.8 Å². The van der Waals surface area contributed by atoms with Crippen LogP contribution in [0.4, 0.5) is 0 Å². The molecule has 2 aliphatic rings. The average molecular weight is 356 g/mol. The predicted molar refractivity (Wildman–Crippen MR) is 98.2 cm³/mol. The number of fused-ring (bicyclic) bond motifs is 6. The molecule has 24 heavy (non-hydrogen) atoms. The van der Waals surface area contributed by atoms with Gasteiger partial charge in [0.15, 0.2) is 5.78 Å². The van der Waals surface area contributed by atoms with E-state index in [-0.39, 0.29) is 5.92 Å². The number of carbonyl (C=O) groups is 1. The van der Waals surface area contributed by atoms with E-state index in [1.165, 1.54) is 0 Å². The van der Waals surface area contributed by atoms with Crippen molar-refractivity contribution in [3.05, 3.63) is 57.7 Å². The Morgan fingerprint density at radius 2 is 1.83 bits per heavy atom. The number of benzene rings is 2. The van der Waals surface area contributed by atoms with E-state index in [4.69, 9.17) is 23.2 Å². The molecule has 0 unspecified atom stereocenters. The van der Waals surface area contributed by atoms with Crippen LogP contribution in [0, 0.1) is 5.92 Å². The summed E-state index contributed by atoms with van der Waals surface area (Å²) in [6, 6.07) is 11.7. The largest absolute Gasteiger partial charge is 0.358 e. The van der Waals surface area contributed by atoms with Gasteiger partial charge in [-0.1, -0.05) is 35.3 Å². The summed E-state index contributed by atoms with van der Waals surface area (Å²) in [6.07, 6.45) is 3.15. The molecule has 0 saturated heterocycles. The molecule has 3 aromatic rings. The summed E-state index contributed by atoms with van der Waals surface area (Å²) < 4.78 is 0. The van der Waals surface area contributed by atoms with Crippen LogP contribution in [0.2, 0.25) is 10.0 Å². The van der Waals surface area contributed by atoms with Crippen molar-refractivity contribution in [2.45, 2.75) is 25.2 Å². The molecule has 0 aliphatic heterocycles. The highest BCUT2D eigenvalue weighted by Crippen LogP contribution is 2.48. The van der Waals surface area contributed by atoms with Crippen molar-refractivity contribution in [1.82, 2.24) is 4.98 Å². The van der Waals surface area contributed by atoms with Gasteiger partial charge in [-0.25, -0.2) is 0 Å². The van der Waals surface area contributed by atoms with Crippen molar-refractivity contribution in [1.29, 1.82) is 0 Å². The molecule has 5 rings (SSSR count). The summed E-state index contributed by atoms with van der Waals surface area (Å²) in [5.41, 5.74) is 5.04. The lowest BCUT2D eigenvalue weighted by atomic mass is 9.85.